The van der Waals surface area contributed by atoms with E-state index in [2.05, 4.69) is 5.10 Å². The Balaban J connectivity index is 2.39. The summed E-state index contributed by atoms with van der Waals surface area (Å²) in [6, 6.07) is 6.90. The summed E-state index contributed by atoms with van der Waals surface area (Å²) in [5.41, 5.74) is 7.85. The van der Waals surface area contributed by atoms with Gasteiger partial charge in [-0.2, -0.15) is 5.10 Å². The van der Waals surface area contributed by atoms with Crippen LogP contribution in [0.5, 0.6) is 0 Å². The Morgan fingerprint density at radius 2 is 2.27 bits per heavy atom. The fraction of sp³-hybridized carbons (Fsp3) is 0.0909. The Morgan fingerprint density at radius 3 is 2.87 bits per heavy atom. The highest BCUT2D eigenvalue weighted by Crippen LogP contribution is 2.13. The van der Waals surface area contributed by atoms with Gasteiger partial charge in [0.05, 0.1) is 0 Å². The molecular weight excluding hydrogens is 190 g/mol. The van der Waals surface area contributed by atoms with E-state index in [-0.39, 0.29) is 5.91 Å². The van der Waals surface area contributed by atoms with Crippen LogP contribution in [-0.2, 0) is 0 Å². The number of nitrogen functional groups attached to an aromatic ring is 1. The molecule has 0 bridgehead atoms. The number of hydrogen-bond acceptors (Lipinski definition) is 3. The molecule has 2 rings (SSSR count). The van der Waals surface area contributed by atoms with Crippen LogP contribution in [0.2, 0.25) is 0 Å². The van der Waals surface area contributed by atoms with E-state index >= 15 is 0 Å². The Labute approximate surface area is 87.3 Å². The van der Waals surface area contributed by atoms with Crippen molar-refractivity contribution in [1.29, 1.82) is 0 Å². The fourth-order valence-electron chi connectivity index (χ4n) is 1.33. The van der Waals surface area contributed by atoms with Crippen LogP contribution in [0.3, 0.4) is 0 Å². The van der Waals surface area contributed by atoms with Crippen molar-refractivity contribution in [3.8, 4) is 0 Å². The molecule has 0 amide bonds. The molecular formula is C11H11N3O. The molecule has 1 aromatic heterocycles. The highest BCUT2D eigenvalue weighted by atomic mass is 16.2. The number of nitrogens with zero attached hydrogens (tertiary/aromatic N) is 2. The second kappa shape index (κ2) is 3.57. The summed E-state index contributed by atoms with van der Waals surface area (Å²) in [5.74, 6) is -0.150. The minimum absolute atomic E-state index is 0.150. The second-order valence-corrected chi connectivity index (χ2v) is 3.33. The molecule has 1 heterocycles. The first-order valence-corrected chi connectivity index (χ1v) is 4.59. The molecule has 4 nitrogen and oxygen atoms in total. The SMILES string of the molecule is Cc1cc(C(=O)n2cccn2)ccc1N. The number of rotatable bonds is 1. The van der Waals surface area contributed by atoms with Gasteiger partial charge < -0.3 is 5.73 Å². The van der Waals surface area contributed by atoms with E-state index in [0.29, 0.717) is 11.3 Å². The van der Waals surface area contributed by atoms with E-state index in [1.54, 1.807) is 36.7 Å². The van der Waals surface area contributed by atoms with Crippen molar-refractivity contribution in [2.75, 3.05) is 5.73 Å². The first-order valence-electron chi connectivity index (χ1n) is 4.59. The molecule has 0 atom stereocenters. The molecule has 0 spiro atoms. The smallest absolute Gasteiger partial charge is 0.278 e. The quantitative estimate of drug-likeness (QED) is 0.710. The lowest BCUT2D eigenvalue weighted by Crippen LogP contribution is -2.12. The van der Waals surface area contributed by atoms with Gasteiger partial charge in [-0.15, -0.1) is 0 Å². The zero-order valence-electron chi connectivity index (χ0n) is 8.34. The van der Waals surface area contributed by atoms with Gasteiger partial charge in [0.15, 0.2) is 0 Å². The van der Waals surface area contributed by atoms with E-state index in [4.69, 9.17) is 5.73 Å². The van der Waals surface area contributed by atoms with Crippen molar-refractivity contribution in [3.63, 3.8) is 0 Å². The van der Waals surface area contributed by atoms with Crippen molar-refractivity contribution in [3.05, 3.63) is 47.8 Å². The molecule has 2 N–H and O–H groups in total. The highest BCUT2D eigenvalue weighted by Gasteiger charge is 2.08. The van der Waals surface area contributed by atoms with Gasteiger partial charge in [-0.25, -0.2) is 4.68 Å². The van der Waals surface area contributed by atoms with Crippen LogP contribution >= 0.6 is 0 Å². The van der Waals surface area contributed by atoms with Gasteiger partial charge in [-0.3, -0.25) is 4.79 Å². The molecule has 0 fully saturated rings. The summed E-state index contributed by atoms with van der Waals surface area (Å²) in [7, 11) is 0. The van der Waals surface area contributed by atoms with Crippen LogP contribution in [0, 0.1) is 6.92 Å². The van der Waals surface area contributed by atoms with Gasteiger partial charge in [-0.1, -0.05) is 0 Å². The minimum Gasteiger partial charge on any atom is -0.399 e. The molecule has 15 heavy (non-hydrogen) atoms. The van der Waals surface area contributed by atoms with Crippen molar-refractivity contribution in [2.45, 2.75) is 6.92 Å². The molecule has 0 aliphatic rings. The summed E-state index contributed by atoms with van der Waals surface area (Å²) in [6.07, 6.45) is 3.19. The Kier molecular flexibility index (Phi) is 2.25. The molecule has 0 aliphatic heterocycles. The van der Waals surface area contributed by atoms with E-state index < -0.39 is 0 Å². The zero-order chi connectivity index (χ0) is 10.8. The third-order valence-electron chi connectivity index (χ3n) is 2.23. The molecule has 0 saturated heterocycles. The fourth-order valence-corrected chi connectivity index (χ4v) is 1.33. The monoisotopic (exact) mass is 201 g/mol. The van der Waals surface area contributed by atoms with Crippen LogP contribution in [0.1, 0.15) is 15.9 Å². The van der Waals surface area contributed by atoms with Crippen LogP contribution < -0.4 is 5.73 Å². The van der Waals surface area contributed by atoms with Gasteiger partial charge in [-0.05, 0) is 36.8 Å². The van der Waals surface area contributed by atoms with E-state index in [1.165, 1.54) is 4.68 Å². The average Bonchev–Trinajstić information content (AvgIpc) is 2.74. The van der Waals surface area contributed by atoms with Gasteiger partial charge in [0.2, 0.25) is 0 Å². The summed E-state index contributed by atoms with van der Waals surface area (Å²) in [6.45, 7) is 1.87. The number of benzene rings is 1. The van der Waals surface area contributed by atoms with E-state index in [0.717, 1.165) is 5.56 Å². The third kappa shape index (κ3) is 1.74. The predicted octanol–water partition coefficient (Wildman–Crippen LogP) is 1.46. The number of hydrogen-bond donors (Lipinski definition) is 1. The number of aromatic nitrogens is 2. The summed E-state index contributed by atoms with van der Waals surface area (Å²) in [4.78, 5) is 11.8. The van der Waals surface area contributed by atoms with E-state index in [1.807, 2.05) is 6.92 Å². The molecule has 4 heteroatoms. The molecule has 2 aromatic rings. The zero-order valence-corrected chi connectivity index (χ0v) is 8.34. The van der Waals surface area contributed by atoms with Gasteiger partial charge in [0.25, 0.3) is 5.91 Å². The van der Waals surface area contributed by atoms with Gasteiger partial charge in [0, 0.05) is 23.6 Å². The number of anilines is 1. The largest absolute Gasteiger partial charge is 0.399 e. The number of nitrogens with two attached hydrogens (primary N) is 1. The molecule has 76 valence electrons. The van der Waals surface area contributed by atoms with Crippen molar-refractivity contribution >= 4 is 11.6 Å². The maximum atomic E-state index is 11.8. The molecule has 1 aromatic carbocycles. The first kappa shape index (κ1) is 9.45. The van der Waals surface area contributed by atoms with Crippen molar-refractivity contribution < 1.29 is 4.79 Å². The number of carbonyl (C=O) groups excluding carboxylic acids is 1. The lowest BCUT2D eigenvalue weighted by Gasteiger charge is -2.03. The van der Waals surface area contributed by atoms with E-state index in [9.17, 15) is 4.79 Å². The van der Waals surface area contributed by atoms with Crippen LogP contribution in [0.25, 0.3) is 0 Å². The lowest BCUT2D eigenvalue weighted by atomic mass is 10.1. The topological polar surface area (TPSA) is 60.9 Å². The number of carbonyl (C=O) groups is 1. The van der Waals surface area contributed by atoms with Crippen molar-refractivity contribution in [2.24, 2.45) is 0 Å². The highest BCUT2D eigenvalue weighted by molar-refractivity contribution is 5.95. The summed E-state index contributed by atoms with van der Waals surface area (Å²) >= 11 is 0. The first-order chi connectivity index (χ1) is 7.18. The second-order valence-electron chi connectivity index (χ2n) is 3.33. The Bertz CT molecular complexity index is 489. The summed E-state index contributed by atoms with van der Waals surface area (Å²) in [5, 5.41) is 3.88. The Hall–Kier alpha value is -2.10. The summed E-state index contributed by atoms with van der Waals surface area (Å²) < 4.78 is 1.30. The van der Waals surface area contributed by atoms with Crippen molar-refractivity contribution in [1.82, 2.24) is 9.78 Å². The normalized spacial score (nSPS) is 10.2. The molecule has 0 saturated carbocycles. The minimum atomic E-state index is -0.150. The van der Waals surface area contributed by atoms with Gasteiger partial charge >= 0.3 is 0 Å². The number of aryl methyl sites for hydroxylation is 1. The lowest BCUT2D eigenvalue weighted by molar-refractivity contribution is 0.0945. The maximum Gasteiger partial charge on any atom is 0.278 e. The Morgan fingerprint density at radius 1 is 1.47 bits per heavy atom. The van der Waals surface area contributed by atoms with Crippen LogP contribution in [0.15, 0.2) is 36.7 Å². The van der Waals surface area contributed by atoms with Gasteiger partial charge in [0.1, 0.15) is 0 Å². The van der Waals surface area contributed by atoms with Crippen LogP contribution in [-0.4, -0.2) is 15.7 Å². The predicted molar refractivity (Wildman–Crippen MR) is 57.5 cm³/mol. The maximum absolute atomic E-state index is 11.8. The molecule has 0 aliphatic carbocycles. The average molecular weight is 201 g/mol. The molecule has 0 unspecified atom stereocenters. The van der Waals surface area contributed by atoms with Crippen LogP contribution in [0.4, 0.5) is 5.69 Å². The molecule has 0 radical (unpaired) electrons. The standard InChI is InChI=1S/C11H11N3O/c1-8-7-9(3-4-10(8)12)11(15)14-6-2-5-13-14/h2-7H,12H2,1H3. The third-order valence-corrected chi connectivity index (χ3v) is 2.23.